The molecule has 0 bridgehead atoms. The number of rotatable bonds is 5. The predicted octanol–water partition coefficient (Wildman–Crippen LogP) is -0.382. The lowest BCUT2D eigenvalue weighted by Gasteiger charge is -2.13. The summed E-state index contributed by atoms with van der Waals surface area (Å²) in [5, 5.41) is 28.9. The summed E-state index contributed by atoms with van der Waals surface area (Å²) in [6.45, 7) is 0. The Hall–Kier alpha value is -2.64. The van der Waals surface area contributed by atoms with Crippen molar-refractivity contribution in [1.29, 1.82) is 0 Å². The van der Waals surface area contributed by atoms with Crippen molar-refractivity contribution in [2.24, 2.45) is 0 Å². The van der Waals surface area contributed by atoms with E-state index < -0.39 is 12.0 Å². The third-order valence-corrected chi connectivity index (χ3v) is 2.29. The predicted molar refractivity (Wildman–Crippen MR) is 60.4 cm³/mol. The first-order chi connectivity index (χ1) is 8.65. The molecule has 1 atom stereocenters. The minimum atomic E-state index is -1.03. The Kier molecular flexibility index (Phi) is 3.37. The Balaban J connectivity index is 2.06. The first kappa shape index (κ1) is 11.8. The van der Waals surface area contributed by atoms with Crippen LogP contribution < -0.4 is 5.43 Å². The molecule has 0 spiro atoms. The van der Waals surface area contributed by atoms with Gasteiger partial charge in [0.15, 0.2) is 6.33 Å². The van der Waals surface area contributed by atoms with Crippen molar-refractivity contribution >= 4 is 5.97 Å². The van der Waals surface area contributed by atoms with E-state index in [4.69, 9.17) is 10.2 Å². The summed E-state index contributed by atoms with van der Waals surface area (Å²) in [7, 11) is 0. The molecular weight excluding hydrogens is 238 g/mol. The molecule has 2 rings (SSSR count). The number of benzene rings is 1. The molecule has 8 heteroatoms. The van der Waals surface area contributed by atoms with Crippen LogP contribution in [0.5, 0.6) is 5.75 Å². The molecule has 0 aliphatic heterocycles. The van der Waals surface area contributed by atoms with E-state index >= 15 is 0 Å². The lowest BCUT2D eigenvalue weighted by molar-refractivity contribution is -0.138. The van der Waals surface area contributed by atoms with Crippen molar-refractivity contribution < 1.29 is 15.0 Å². The maximum atomic E-state index is 11.1. The molecule has 0 aliphatic carbocycles. The van der Waals surface area contributed by atoms with Crippen LogP contribution in [0.15, 0.2) is 30.6 Å². The second-order valence-corrected chi connectivity index (χ2v) is 3.62. The van der Waals surface area contributed by atoms with Gasteiger partial charge in [0.05, 0.1) is 0 Å². The first-order valence-corrected chi connectivity index (χ1v) is 5.15. The zero-order valence-corrected chi connectivity index (χ0v) is 9.26. The number of phenolic OH excluding ortho intramolecular Hbond substituents is 1. The largest absolute Gasteiger partial charge is 0.508 e. The van der Waals surface area contributed by atoms with Gasteiger partial charge in [-0.1, -0.05) is 17.0 Å². The van der Waals surface area contributed by atoms with Crippen LogP contribution in [0.4, 0.5) is 0 Å². The Labute approximate surface area is 102 Å². The molecule has 0 saturated carbocycles. The zero-order chi connectivity index (χ0) is 13.0. The summed E-state index contributed by atoms with van der Waals surface area (Å²) in [4.78, 5) is 12.1. The molecule has 0 radical (unpaired) electrons. The van der Waals surface area contributed by atoms with Gasteiger partial charge in [-0.2, -0.15) is 0 Å². The van der Waals surface area contributed by atoms with Crippen LogP contribution in [0.3, 0.4) is 0 Å². The average Bonchev–Trinajstić information content (AvgIpc) is 2.84. The van der Waals surface area contributed by atoms with Gasteiger partial charge in [-0.3, -0.25) is 5.43 Å². The lowest BCUT2D eigenvalue weighted by Crippen LogP contribution is -2.38. The number of carboxylic acids is 1. The van der Waals surface area contributed by atoms with Crippen LogP contribution in [0.1, 0.15) is 5.56 Å². The van der Waals surface area contributed by atoms with Gasteiger partial charge in [0, 0.05) is 6.42 Å². The third-order valence-electron chi connectivity index (χ3n) is 2.29. The minimum Gasteiger partial charge on any atom is -0.508 e. The van der Waals surface area contributed by atoms with Gasteiger partial charge in [-0.25, -0.2) is 4.79 Å². The van der Waals surface area contributed by atoms with Crippen molar-refractivity contribution in [2.75, 3.05) is 5.43 Å². The van der Waals surface area contributed by atoms with Gasteiger partial charge < -0.3 is 10.2 Å². The fourth-order valence-electron chi connectivity index (χ4n) is 1.42. The van der Waals surface area contributed by atoms with Gasteiger partial charge in [0.1, 0.15) is 11.8 Å². The van der Waals surface area contributed by atoms with Crippen molar-refractivity contribution in [1.82, 2.24) is 20.3 Å². The van der Waals surface area contributed by atoms with E-state index in [-0.39, 0.29) is 12.2 Å². The van der Waals surface area contributed by atoms with Crippen LogP contribution in [-0.2, 0) is 11.2 Å². The lowest BCUT2D eigenvalue weighted by atomic mass is 10.1. The number of aliphatic carboxylic acids is 1. The van der Waals surface area contributed by atoms with E-state index in [9.17, 15) is 4.79 Å². The topological polar surface area (TPSA) is 113 Å². The number of aromatic hydroxyl groups is 1. The van der Waals surface area contributed by atoms with Gasteiger partial charge in [-0.15, -0.1) is 10.2 Å². The molecule has 0 aliphatic rings. The highest BCUT2D eigenvalue weighted by Crippen LogP contribution is 2.11. The molecular formula is C10H11N5O3. The van der Waals surface area contributed by atoms with Crippen LogP contribution in [0.25, 0.3) is 0 Å². The molecule has 2 aromatic rings. The number of hydrogen-bond donors (Lipinski definition) is 3. The molecule has 1 aromatic carbocycles. The molecule has 1 aromatic heterocycles. The Morgan fingerprint density at radius 2 is 2.11 bits per heavy atom. The summed E-state index contributed by atoms with van der Waals surface area (Å²) in [5.41, 5.74) is 3.36. The summed E-state index contributed by atoms with van der Waals surface area (Å²) in [5.74, 6) is -0.892. The van der Waals surface area contributed by atoms with Crippen LogP contribution in [0, 0.1) is 0 Å². The summed E-state index contributed by atoms with van der Waals surface area (Å²) >= 11 is 0. The van der Waals surface area contributed by atoms with Crippen LogP contribution >= 0.6 is 0 Å². The van der Waals surface area contributed by atoms with Gasteiger partial charge in [0.2, 0.25) is 0 Å². The van der Waals surface area contributed by atoms with E-state index in [1.807, 2.05) is 0 Å². The Morgan fingerprint density at radius 3 is 2.67 bits per heavy atom. The van der Waals surface area contributed by atoms with Crippen molar-refractivity contribution in [3.63, 3.8) is 0 Å². The highest BCUT2D eigenvalue weighted by molar-refractivity contribution is 5.75. The maximum Gasteiger partial charge on any atom is 0.328 e. The number of tetrazole rings is 1. The van der Waals surface area contributed by atoms with Gasteiger partial charge in [0.25, 0.3) is 0 Å². The summed E-state index contributed by atoms with van der Waals surface area (Å²) < 4.78 is 0. The van der Waals surface area contributed by atoms with E-state index in [2.05, 4.69) is 20.8 Å². The second-order valence-electron chi connectivity index (χ2n) is 3.62. The van der Waals surface area contributed by atoms with Crippen LogP contribution in [-0.4, -0.2) is 42.5 Å². The molecule has 0 saturated heterocycles. The Morgan fingerprint density at radius 1 is 1.39 bits per heavy atom. The molecule has 1 unspecified atom stereocenters. The maximum absolute atomic E-state index is 11.1. The third kappa shape index (κ3) is 2.94. The summed E-state index contributed by atoms with van der Waals surface area (Å²) in [6, 6.07) is 5.43. The number of aromatic nitrogens is 4. The fraction of sp³-hybridized carbons (Fsp3) is 0.200. The highest BCUT2D eigenvalue weighted by atomic mass is 16.4. The van der Waals surface area contributed by atoms with E-state index in [0.717, 1.165) is 10.5 Å². The fourth-order valence-corrected chi connectivity index (χ4v) is 1.42. The number of carbonyl (C=O) groups is 1. The molecule has 0 fully saturated rings. The Bertz CT molecular complexity index is 511. The number of carboxylic acid groups (broad SMARTS) is 1. The smallest absolute Gasteiger partial charge is 0.328 e. The monoisotopic (exact) mass is 249 g/mol. The quantitative estimate of drug-likeness (QED) is 0.661. The van der Waals surface area contributed by atoms with E-state index in [0.29, 0.717) is 0 Å². The van der Waals surface area contributed by atoms with Crippen molar-refractivity contribution in [2.45, 2.75) is 12.5 Å². The van der Waals surface area contributed by atoms with E-state index in [1.165, 1.54) is 18.5 Å². The number of nitrogens with zero attached hydrogens (tertiary/aromatic N) is 4. The van der Waals surface area contributed by atoms with Gasteiger partial charge in [-0.05, 0) is 22.9 Å². The molecule has 8 nitrogen and oxygen atoms in total. The van der Waals surface area contributed by atoms with Crippen molar-refractivity contribution in [3.8, 4) is 5.75 Å². The first-order valence-electron chi connectivity index (χ1n) is 5.15. The average molecular weight is 249 g/mol. The SMILES string of the molecule is O=C(O)C(Cc1ccc(O)cc1)Nn1ncnn1. The van der Waals surface area contributed by atoms with Gasteiger partial charge >= 0.3 is 5.97 Å². The molecule has 1 heterocycles. The highest BCUT2D eigenvalue weighted by Gasteiger charge is 2.18. The number of phenols is 1. The zero-order valence-electron chi connectivity index (χ0n) is 9.26. The minimum absolute atomic E-state index is 0.136. The number of hydrogen-bond acceptors (Lipinski definition) is 6. The van der Waals surface area contributed by atoms with Crippen LogP contribution in [0.2, 0.25) is 0 Å². The van der Waals surface area contributed by atoms with E-state index in [1.54, 1.807) is 12.1 Å². The molecule has 18 heavy (non-hydrogen) atoms. The molecule has 3 N–H and O–H groups in total. The standard InChI is InChI=1S/C10H11N5O3/c16-8-3-1-7(2-4-8)5-9(10(17)18)13-15-12-6-11-14-15/h1-4,6,9,13,16H,5H2,(H,17,18). The number of nitrogens with one attached hydrogen (secondary N) is 1. The summed E-state index contributed by atoms with van der Waals surface area (Å²) in [6.07, 6.45) is 1.43. The molecule has 94 valence electrons. The molecule has 0 amide bonds. The normalized spacial score (nSPS) is 12.0. The van der Waals surface area contributed by atoms with Crippen molar-refractivity contribution in [3.05, 3.63) is 36.2 Å². The second kappa shape index (κ2) is 5.13.